The van der Waals surface area contributed by atoms with Crippen LogP contribution in [-0.4, -0.2) is 40.1 Å². The highest BCUT2D eigenvalue weighted by Crippen LogP contribution is 2.10. The number of carbonyl (C=O) groups is 1. The van der Waals surface area contributed by atoms with Crippen LogP contribution in [0.25, 0.3) is 0 Å². The lowest BCUT2D eigenvalue weighted by molar-refractivity contribution is -0.129. The van der Waals surface area contributed by atoms with Crippen molar-refractivity contribution in [3.05, 3.63) is 30.1 Å². The van der Waals surface area contributed by atoms with Gasteiger partial charge in [-0.3, -0.25) is 9.78 Å². The maximum Gasteiger partial charge on any atom is 0.227 e. The van der Waals surface area contributed by atoms with E-state index in [2.05, 4.69) is 4.98 Å². The fourth-order valence-electron chi connectivity index (χ4n) is 1.76. The molecular formula is C11H14N2O2. The van der Waals surface area contributed by atoms with Crippen LogP contribution in [0.1, 0.15) is 12.0 Å². The van der Waals surface area contributed by atoms with Crippen LogP contribution >= 0.6 is 0 Å². The molecule has 0 bridgehead atoms. The number of pyridine rings is 1. The molecule has 1 unspecified atom stereocenters. The summed E-state index contributed by atoms with van der Waals surface area (Å²) in [6.07, 6.45) is 4.11. The van der Waals surface area contributed by atoms with Crippen molar-refractivity contribution >= 4 is 5.91 Å². The molecule has 4 heteroatoms. The van der Waals surface area contributed by atoms with Gasteiger partial charge in [-0.1, -0.05) is 6.07 Å². The average molecular weight is 206 g/mol. The van der Waals surface area contributed by atoms with E-state index in [4.69, 9.17) is 0 Å². The molecule has 1 amide bonds. The molecule has 1 fully saturated rings. The summed E-state index contributed by atoms with van der Waals surface area (Å²) in [6, 6.07) is 3.71. The summed E-state index contributed by atoms with van der Waals surface area (Å²) in [4.78, 5) is 17.4. The lowest BCUT2D eigenvalue weighted by atomic mass is 10.2. The molecule has 0 aromatic carbocycles. The summed E-state index contributed by atoms with van der Waals surface area (Å²) in [5.41, 5.74) is 0.920. The van der Waals surface area contributed by atoms with Crippen molar-refractivity contribution in [2.24, 2.45) is 0 Å². The highest BCUT2D eigenvalue weighted by molar-refractivity contribution is 5.78. The Bertz CT molecular complexity index is 340. The second-order valence-corrected chi connectivity index (χ2v) is 3.82. The summed E-state index contributed by atoms with van der Waals surface area (Å²) in [5, 5.41) is 9.31. The molecular weight excluding hydrogens is 192 g/mol. The molecule has 1 N–H and O–H groups in total. The molecule has 1 saturated heterocycles. The summed E-state index contributed by atoms with van der Waals surface area (Å²) in [7, 11) is 0. The minimum atomic E-state index is -0.345. The Balaban J connectivity index is 1.93. The lowest BCUT2D eigenvalue weighted by Gasteiger charge is -2.15. The van der Waals surface area contributed by atoms with Crippen molar-refractivity contribution in [2.75, 3.05) is 13.1 Å². The summed E-state index contributed by atoms with van der Waals surface area (Å²) in [5.74, 6) is 0.0690. The topological polar surface area (TPSA) is 53.4 Å². The molecule has 2 rings (SSSR count). The van der Waals surface area contributed by atoms with Crippen molar-refractivity contribution in [1.29, 1.82) is 0 Å². The molecule has 80 valence electrons. The lowest BCUT2D eigenvalue weighted by Crippen LogP contribution is -2.30. The molecule has 0 saturated carbocycles. The maximum absolute atomic E-state index is 11.7. The number of likely N-dealkylation sites (tertiary alicyclic amines) is 1. The average Bonchev–Trinajstić information content (AvgIpc) is 2.66. The van der Waals surface area contributed by atoms with E-state index in [1.165, 1.54) is 0 Å². The van der Waals surface area contributed by atoms with E-state index in [1.807, 2.05) is 12.1 Å². The third-order valence-electron chi connectivity index (χ3n) is 2.59. The van der Waals surface area contributed by atoms with Gasteiger partial charge in [0.05, 0.1) is 12.5 Å². The number of amides is 1. The predicted octanol–water partition coefficient (Wildman–Crippen LogP) is 0.217. The first-order valence-electron chi connectivity index (χ1n) is 5.10. The van der Waals surface area contributed by atoms with Gasteiger partial charge in [-0.05, 0) is 18.1 Å². The molecule has 0 aliphatic carbocycles. The van der Waals surface area contributed by atoms with Crippen molar-refractivity contribution in [3.63, 3.8) is 0 Å². The van der Waals surface area contributed by atoms with Gasteiger partial charge < -0.3 is 10.0 Å². The minimum absolute atomic E-state index is 0.0690. The number of rotatable bonds is 2. The Labute approximate surface area is 88.6 Å². The van der Waals surface area contributed by atoms with Crippen LogP contribution in [0, 0.1) is 0 Å². The van der Waals surface area contributed by atoms with E-state index in [0.717, 1.165) is 5.56 Å². The Morgan fingerprint density at radius 3 is 3.13 bits per heavy atom. The second-order valence-electron chi connectivity index (χ2n) is 3.82. The molecule has 1 aliphatic rings. The van der Waals surface area contributed by atoms with Crippen LogP contribution in [-0.2, 0) is 11.2 Å². The van der Waals surface area contributed by atoms with Gasteiger partial charge in [0.2, 0.25) is 5.91 Å². The van der Waals surface area contributed by atoms with Gasteiger partial charge in [0.25, 0.3) is 0 Å². The van der Waals surface area contributed by atoms with Crippen molar-refractivity contribution in [1.82, 2.24) is 9.88 Å². The Kier molecular flexibility index (Phi) is 2.97. The quantitative estimate of drug-likeness (QED) is 0.753. The van der Waals surface area contributed by atoms with Crippen LogP contribution < -0.4 is 0 Å². The van der Waals surface area contributed by atoms with Crippen molar-refractivity contribution in [3.8, 4) is 0 Å². The Morgan fingerprint density at radius 1 is 1.67 bits per heavy atom. The third kappa shape index (κ3) is 2.53. The van der Waals surface area contributed by atoms with Crippen molar-refractivity contribution < 1.29 is 9.90 Å². The van der Waals surface area contributed by atoms with Gasteiger partial charge in [-0.15, -0.1) is 0 Å². The number of aliphatic hydroxyl groups excluding tert-OH is 1. The third-order valence-corrected chi connectivity index (χ3v) is 2.59. The van der Waals surface area contributed by atoms with Crippen LogP contribution in [0.4, 0.5) is 0 Å². The SMILES string of the molecule is O=C(Cc1cccnc1)N1CCC(O)C1. The molecule has 1 aliphatic heterocycles. The molecule has 0 radical (unpaired) electrons. The number of aliphatic hydroxyl groups is 1. The second kappa shape index (κ2) is 4.40. The number of β-amino-alcohol motifs (C(OH)–C–C–N with tert-alkyl or cyclic N) is 1. The van der Waals surface area contributed by atoms with E-state index in [0.29, 0.717) is 25.9 Å². The first-order chi connectivity index (χ1) is 7.25. The van der Waals surface area contributed by atoms with Crippen molar-refractivity contribution in [2.45, 2.75) is 18.9 Å². The van der Waals surface area contributed by atoms with E-state index in [-0.39, 0.29) is 12.0 Å². The molecule has 0 spiro atoms. The van der Waals surface area contributed by atoms with Crippen LogP contribution in [0.3, 0.4) is 0 Å². The zero-order valence-electron chi connectivity index (χ0n) is 8.47. The Hall–Kier alpha value is -1.42. The molecule has 1 atom stereocenters. The van der Waals surface area contributed by atoms with Gasteiger partial charge in [-0.2, -0.15) is 0 Å². The Morgan fingerprint density at radius 2 is 2.53 bits per heavy atom. The molecule has 4 nitrogen and oxygen atoms in total. The number of nitrogens with zero attached hydrogens (tertiary/aromatic N) is 2. The molecule has 2 heterocycles. The van der Waals surface area contributed by atoms with Crippen LogP contribution in [0.15, 0.2) is 24.5 Å². The number of hydrogen-bond donors (Lipinski definition) is 1. The maximum atomic E-state index is 11.7. The zero-order valence-corrected chi connectivity index (χ0v) is 8.47. The van der Waals surface area contributed by atoms with Gasteiger partial charge in [0, 0.05) is 25.5 Å². The van der Waals surface area contributed by atoms with E-state index < -0.39 is 0 Å². The summed E-state index contributed by atoms with van der Waals surface area (Å²) in [6.45, 7) is 1.14. The zero-order chi connectivity index (χ0) is 10.7. The normalized spacial score (nSPS) is 20.6. The number of aromatic nitrogens is 1. The minimum Gasteiger partial charge on any atom is -0.391 e. The fourth-order valence-corrected chi connectivity index (χ4v) is 1.76. The van der Waals surface area contributed by atoms with Gasteiger partial charge >= 0.3 is 0 Å². The van der Waals surface area contributed by atoms with Crippen LogP contribution in [0.5, 0.6) is 0 Å². The smallest absolute Gasteiger partial charge is 0.227 e. The molecule has 15 heavy (non-hydrogen) atoms. The van der Waals surface area contributed by atoms with E-state index in [9.17, 15) is 9.90 Å². The number of carbonyl (C=O) groups excluding carboxylic acids is 1. The van der Waals surface area contributed by atoms with Crippen LogP contribution in [0.2, 0.25) is 0 Å². The highest BCUT2D eigenvalue weighted by Gasteiger charge is 2.24. The fraction of sp³-hybridized carbons (Fsp3) is 0.455. The monoisotopic (exact) mass is 206 g/mol. The predicted molar refractivity (Wildman–Crippen MR) is 55.1 cm³/mol. The van der Waals surface area contributed by atoms with Gasteiger partial charge in [0.1, 0.15) is 0 Å². The summed E-state index contributed by atoms with van der Waals surface area (Å²) >= 11 is 0. The first kappa shape index (κ1) is 10.1. The first-order valence-corrected chi connectivity index (χ1v) is 5.10. The summed E-state index contributed by atoms with van der Waals surface area (Å²) < 4.78 is 0. The molecule has 1 aromatic heterocycles. The van der Waals surface area contributed by atoms with Gasteiger partial charge in [0.15, 0.2) is 0 Å². The largest absolute Gasteiger partial charge is 0.391 e. The highest BCUT2D eigenvalue weighted by atomic mass is 16.3. The van der Waals surface area contributed by atoms with E-state index in [1.54, 1.807) is 17.3 Å². The number of hydrogen-bond acceptors (Lipinski definition) is 3. The van der Waals surface area contributed by atoms with Gasteiger partial charge in [-0.25, -0.2) is 0 Å². The standard InChI is InChI=1S/C11H14N2O2/c14-10-3-5-13(8-10)11(15)6-9-2-1-4-12-7-9/h1-2,4,7,10,14H,3,5-6,8H2. The van der Waals surface area contributed by atoms with E-state index >= 15 is 0 Å². The molecule has 1 aromatic rings.